The van der Waals surface area contributed by atoms with Gasteiger partial charge in [0.25, 0.3) is 11.8 Å². The smallest absolute Gasteiger partial charge is 0.276 e. The lowest BCUT2D eigenvalue weighted by atomic mass is 10.0. The number of carboxylic acid groups (broad SMARTS) is 1. The van der Waals surface area contributed by atoms with E-state index in [0.717, 1.165) is 41.8 Å². The normalized spacial score (nSPS) is 23.3. The fourth-order valence-electron chi connectivity index (χ4n) is 4.41. The molecule has 3 aliphatic rings. The summed E-state index contributed by atoms with van der Waals surface area (Å²) in [5.74, 6) is -2.06. The van der Waals surface area contributed by atoms with Crippen LogP contribution in [0.25, 0.3) is 0 Å². The Bertz CT molecular complexity index is 1020. The maximum atomic E-state index is 12.9. The van der Waals surface area contributed by atoms with E-state index in [1.165, 1.54) is 23.8 Å². The average Bonchev–Trinajstić information content (AvgIpc) is 3.37. The number of likely N-dealkylation sites (N-methyl/N-ethyl adjacent to an activating group) is 1. The molecule has 0 spiro atoms. The summed E-state index contributed by atoms with van der Waals surface area (Å²) in [6.07, 6.45) is 2.21. The van der Waals surface area contributed by atoms with Gasteiger partial charge in [-0.25, -0.2) is 4.98 Å². The number of amides is 2. The lowest BCUT2D eigenvalue weighted by Gasteiger charge is -2.51. The summed E-state index contributed by atoms with van der Waals surface area (Å²) in [6, 6.07) is -0.891. The first-order valence-corrected chi connectivity index (χ1v) is 12.0. The SMILES string of the molecule is CO/N=C(/C(=O)N[C@@H]1C(=O)N2C(C(=O)[O-])=C(C[N+]3(C)CCCC3)CS[C@H]12)c1csc(N)n1.O.O. The van der Waals surface area contributed by atoms with E-state index < -0.39 is 29.2 Å². The van der Waals surface area contributed by atoms with Crippen molar-refractivity contribution in [1.29, 1.82) is 0 Å². The maximum Gasteiger partial charge on any atom is 0.276 e. The van der Waals surface area contributed by atoms with E-state index in [1.807, 2.05) is 0 Å². The number of nitrogen functional groups attached to an aromatic ring is 1. The van der Waals surface area contributed by atoms with Gasteiger partial charge < -0.3 is 41.2 Å². The molecule has 2 amide bonds. The molecule has 2 atom stereocenters. The minimum atomic E-state index is -1.37. The zero-order valence-electron chi connectivity index (χ0n) is 18.7. The number of hydrogen-bond acceptors (Lipinski definition) is 10. The Hall–Kier alpha value is -2.72. The van der Waals surface area contributed by atoms with E-state index in [1.54, 1.807) is 5.38 Å². The first kappa shape index (κ1) is 27.5. The average molecular weight is 517 g/mol. The number of nitrogens with zero attached hydrogens (tertiary/aromatic N) is 4. The number of carbonyl (C=O) groups is 3. The summed E-state index contributed by atoms with van der Waals surface area (Å²) in [4.78, 5) is 47.7. The fourth-order valence-corrected chi connectivity index (χ4v) is 6.30. The fraction of sp³-hybridized carbons (Fsp3) is 0.526. The van der Waals surface area contributed by atoms with Crippen LogP contribution in [0.2, 0.25) is 0 Å². The molecule has 0 radical (unpaired) electrons. The number of likely N-dealkylation sites (tertiary alicyclic amines) is 1. The van der Waals surface area contributed by atoms with Gasteiger partial charge in [0.05, 0.1) is 31.8 Å². The Kier molecular flexibility index (Phi) is 8.65. The minimum absolute atomic E-state index is 0. The van der Waals surface area contributed by atoms with Crippen LogP contribution in [0.4, 0.5) is 5.13 Å². The van der Waals surface area contributed by atoms with Gasteiger partial charge in [-0.2, -0.15) is 0 Å². The Labute approximate surface area is 203 Å². The zero-order chi connectivity index (χ0) is 23.0. The number of aromatic nitrogens is 1. The Morgan fingerprint density at radius 3 is 2.62 bits per heavy atom. The van der Waals surface area contributed by atoms with Crippen molar-refractivity contribution in [2.24, 2.45) is 5.16 Å². The number of hydrogen-bond donors (Lipinski definition) is 2. The van der Waals surface area contributed by atoms with Crippen LogP contribution < -0.4 is 16.2 Å². The quantitative estimate of drug-likeness (QED) is 0.165. The number of quaternary nitrogens is 1. The Morgan fingerprint density at radius 2 is 2.06 bits per heavy atom. The number of oxime groups is 1. The second-order valence-electron chi connectivity index (χ2n) is 8.23. The number of nitrogens with two attached hydrogens (primary N) is 1. The molecule has 2 saturated heterocycles. The highest BCUT2D eigenvalue weighted by Crippen LogP contribution is 2.41. The van der Waals surface area contributed by atoms with E-state index in [9.17, 15) is 19.5 Å². The Morgan fingerprint density at radius 1 is 1.38 bits per heavy atom. The van der Waals surface area contributed by atoms with Gasteiger partial charge in [-0.3, -0.25) is 14.5 Å². The van der Waals surface area contributed by atoms with Crippen LogP contribution in [0.5, 0.6) is 0 Å². The third-order valence-electron chi connectivity index (χ3n) is 5.91. The molecule has 188 valence electrons. The number of thioether (sulfide) groups is 1. The number of carbonyl (C=O) groups excluding carboxylic acids is 3. The first-order chi connectivity index (χ1) is 15.2. The van der Waals surface area contributed by atoms with E-state index in [2.05, 4.69) is 22.5 Å². The summed E-state index contributed by atoms with van der Waals surface area (Å²) >= 11 is 2.57. The number of rotatable bonds is 7. The molecule has 3 aliphatic heterocycles. The van der Waals surface area contributed by atoms with Crippen molar-refractivity contribution < 1.29 is 39.8 Å². The summed E-state index contributed by atoms with van der Waals surface area (Å²) in [6.45, 7) is 2.53. The van der Waals surface area contributed by atoms with Crippen LogP contribution in [0.1, 0.15) is 18.5 Å². The summed E-state index contributed by atoms with van der Waals surface area (Å²) < 4.78 is 0.757. The summed E-state index contributed by atoms with van der Waals surface area (Å²) in [5.41, 5.74) is 6.39. The lowest BCUT2D eigenvalue weighted by Crippen LogP contribution is -2.71. The number of aliphatic carboxylic acids is 1. The van der Waals surface area contributed by atoms with E-state index in [0.29, 0.717) is 17.9 Å². The number of nitrogens with one attached hydrogen (secondary N) is 1. The number of carboxylic acids is 1. The standard InChI is InChI=1S/C19H24N6O5S2.2H2O/c1-25(5-3-4-6-25)7-10-8-31-17-13(16(27)24(17)14(10)18(28)29)22-15(26)12(23-30-2)11-9-32-19(20)21-11;;/h9,13,17H,3-8H2,1-2H3,(H3-,20,21,22,26,28,29);2*1H2/b23-12+;;/t13-,17-;;/m1../s1. The third kappa shape index (κ3) is 5.02. The second-order valence-corrected chi connectivity index (χ2v) is 10.2. The van der Waals surface area contributed by atoms with Gasteiger partial charge in [-0.1, -0.05) is 5.16 Å². The highest BCUT2D eigenvalue weighted by molar-refractivity contribution is 8.00. The molecule has 0 saturated carbocycles. The monoisotopic (exact) mass is 516 g/mol. The predicted octanol–water partition coefficient (Wildman–Crippen LogP) is -2.93. The van der Waals surface area contributed by atoms with Crippen molar-refractivity contribution in [1.82, 2.24) is 15.2 Å². The van der Waals surface area contributed by atoms with Crippen LogP contribution in [0.15, 0.2) is 21.8 Å². The van der Waals surface area contributed by atoms with E-state index in [-0.39, 0.29) is 33.2 Å². The highest BCUT2D eigenvalue weighted by atomic mass is 32.2. The summed E-state index contributed by atoms with van der Waals surface area (Å²) in [5, 5.41) is 19.6. The van der Waals surface area contributed by atoms with E-state index >= 15 is 0 Å². The van der Waals surface area contributed by atoms with Crippen molar-refractivity contribution in [3.05, 3.63) is 22.3 Å². The topological polar surface area (TPSA) is 213 Å². The van der Waals surface area contributed by atoms with Gasteiger partial charge in [0, 0.05) is 29.5 Å². The number of fused-ring (bicyclic) bond motifs is 1. The molecule has 13 nitrogen and oxygen atoms in total. The largest absolute Gasteiger partial charge is 0.543 e. The number of anilines is 1. The van der Waals surface area contributed by atoms with Crippen molar-refractivity contribution in [3.63, 3.8) is 0 Å². The molecule has 34 heavy (non-hydrogen) atoms. The van der Waals surface area contributed by atoms with Gasteiger partial charge in [0.15, 0.2) is 10.8 Å². The van der Waals surface area contributed by atoms with E-state index in [4.69, 9.17) is 10.6 Å². The van der Waals surface area contributed by atoms with Gasteiger partial charge in [-0.15, -0.1) is 23.1 Å². The molecule has 0 bridgehead atoms. The van der Waals surface area contributed by atoms with Gasteiger partial charge in [-0.05, 0) is 0 Å². The van der Waals surface area contributed by atoms with Crippen molar-refractivity contribution in [3.8, 4) is 0 Å². The first-order valence-electron chi connectivity index (χ1n) is 10.1. The highest BCUT2D eigenvalue weighted by Gasteiger charge is 2.53. The second kappa shape index (κ2) is 10.7. The lowest BCUT2D eigenvalue weighted by molar-refractivity contribution is -0.893. The molecule has 1 aromatic rings. The molecular formula is C19H28N6O7S2. The van der Waals surface area contributed by atoms with Gasteiger partial charge >= 0.3 is 0 Å². The molecule has 7 N–H and O–H groups in total. The molecule has 15 heteroatoms. The zero-order valence-corrected chi connectivity index (χ0v) is 20.3. The predicted molar refractivity (Wildman–Crippen MR) is 124 cm³/mol. The van der Waals surface area contributed by atoms with Crippen LogP contribution in [-0.4, -0.2) is 99.8 Å². The van der Waals surface area contributed by atoms with Crippen molar-refractivity contribution in [2.75, 3.05) is 45.3 Å². The molecule has 2 fully saturated rings. The molecule has 1 aromatic heterocycles. The van der Waals surface area contributed by atoms with Crippen LogP contribution >= 0.6 is 23.1 Å². The van der Waals surface area contributed by atoms with Gasteiger partial charge in [0.2, 0.25) is 0 Å². The minimum Gasteiger partial charge on any atom is -0.543 e. The van der Waals surface area contributed by atoms with Gasteiger partial charge in [0.1, 0.15) is 30.8 Å². The summed E-state index contributed by atoms with van der Waals surface area (Å²) in [7, 11) is 3.39. The van der Waals surface area contributed by atoms with Crippen LogP contribution in [0.3, 0.4) is 0 Å². The molecule has 4 rings (SSSR count). The maximum absolute atomic E-state index is 12.9. The van der Waals surface area contributed by atoms with Crippen molar-refractivity contribution >= 4 is 51.7 Å². The molecule has 0 aromatic carbocycles. The molecule has 0 aliphatic carbocycles. The molecule has 0 unspecified atom stereocenters. The van der Waals surface area contributed by atoms with Crippen LogP contribution in [0, 0.1) is 0 Å². The Balaban J connectivity index is 0.00000204. The number of thiazole rings is 1. The number of β-lactam (4-membered cyclic amide) rings is 1. The molecular weight excluding hydrogens is 488 g/mol. The molecule has 4 heterocycles. The van der Waals surface area contributed by atoms with Crippen LogP contribution in [-0.2, 0) is 19.2 Å². The third-order valence-corrected chi connectivity index (χ3v) is 7.92. The van der Waals surface area contributed by atoms with Crippen molar-refractivity contribution in [2.45, 2.75) is 24.3 Å².